The molecule has 0 radical (unpaired) electrons. The van der Waals surface area contributed by atoms with Crippen LogP contribution in [0.25, 0.3) is 0 Å². The summed E-state index contributed by atoms with van der Waals surface area (Å²) < 4.78 is 57.3. The number of hydrogen-bond acceptors (Lipinski definition) is 4. The van der Waals surface area contributed by atoms with Crippen molar-refractivity contribution in [2.45, 2.75) is 20.0 Å². The van der Waals surface area contributed by atoms with Crippen LogP contribution in [0.2, 0.25) is 0 Å². The van der Waals surface area contributed by atoms with Crippen LogP contribution < -0.4 is 14.4 Å². The normalized spacial score (nSPS) is 11.3. The van der Waals surface area contributed by atoms with Crippen molar-refractivity contribution in [3.63, 3.8) is 0 Å². The Hall–Kier alpha value is -2.68. The molecular weight excluding hydrogens is 378 g/mol. The summed E-state index contributed by atoms with van der Waals surface area (Å²) in [7, 11) is -3.99. The summed E-state index contributed by atoms with van der Waals surface area (Å²) in [6, 6.07) is 9.09. The van der Waals surface area contributed by atoms with E-state index in [1.165, 1.54) is 0 Å². The summed E-state index contributed by atoms with van der Waals surface area (Å²) in [5, 5.41) is 2.55. The summed E-state index contributed by atoms with van der Waals surface area (Å²) in [4.78, 5) is 12.4. The molecule has 9 heteroatoms. The molecule has 0 heterocycles. The maximum atomic E-state index is 14.0. The van der Waals surface area contributed by atoms with Crippen molar-refractivity contribution in [3.8, 4) is 5.75 Å². The van der Waals surface area contributed by atoms with E-state index in [9.17, 15) is 22.0 Å². The van der Waals surface area contributed by atoms with Crippen LogP contribution in [0.5, 0.6) is 5.75 Å². The minimum atomic E-state index is -3.99. The van der Waals surface area contributed by atoms with Gasteiger partial charge in [0.15, 0.2) is 0 Å². The summed E-state index contributed by atoms with van der Waals surface area (Å²) in [6.45, 7) is 2.96. The number of amides is 1. The number of rotatable bonds is 7. The third-order valence-electron chi connectivity index (χ3n) is 3.39. The van der Waals surface area contributed by atoms with E-state index in [2.05, 4.69) is 5.32 Å². The van der Waals surface area contributed by atoms with Gasteiger partial charge in [-0.25, -0.2) is 17.2 Å². The molecule has 0 saturated carbocycles. The van der Waals surface area contributed by atoms with Gasteiger partial charge in [0.1, 0.15) is 23.9 Å². The second-order valence-electron chi connectivity index (χ2n) is 6.08. The maximum absolute atomic E-state index is 14.0. The van der Waals surface area contributed by atoms with E-state index in [-0.39, 0.29) is 6.10 Å². The standard InChI is InChI=1S/C18H20F2N2O4S/c1-12(2)26-17-7-5-4-6-15(17)21-18(23)11-22(27(3,24)25)16-9-8-13(19)10-14(16)20/h4-10,12H,11H2,1-3H3,(H,21,23). The Morgan fingerprint density at radius 1 is 1.19 bits per heavy atom. The van der Waals surface area contributed by atoms with Crippen LogP contribution in [0.1, 0.15) is 13.8 Å². The van der Waals surface area contributed by atoms with Gasteiger partial charge in [0, 0.05) is 6.07 Å². The van der Waals surface area contributed by atoms with Crippen LogP contribution in [0, 0.1) is 11.6 Å². The molecule has 0 aromatic heterocycles. The fraction of sp³-hybridized carbons (Fsp3) is 0.278. The molecule has 0 saturated heterocycles. The Morgan fingerprint density at radius 3 is 2.44 bits per heavy atom. The van der Waals surface area contributed by atoms with Crippen LogP contribution in [0.4, 0.5) is 20.2 Å². The number of halogens is 2. The highest BCUT2D eigenvalue weighted by atomic mass is 32.2. The van der Waals surface area contributed by atoms with Crippen molar-refractivity contribution in [1.82, 2.24) is 0 Å². The highest BCUT2D eigenvalue weighted by Gasteiger charge is 2.24. The molecular formula is C18H20F2N2O4S. The van der Waals surface area contributed by atoms with Crippen LogP contribution in [-0.2, 0) is 14.8 Å². The largest absolute Gasteiger partial charge is 0.489 e. The monoisotopic (exact) mass is 398 g/mol. The summed E-state index contributed by atoms with van der Waals surface area (Å²) in [5.41, 5.74) is -0.0648. The number of benzene rings is 2. The molecule has 6 nitrogen and oxygen atoms in total. The summed E-state index contributed by atoms with van der Waals surface area (Å²) in [6.07, 6.45) is 0.697. The van der Waals surface area contributed by atoms with E-state index >= 15 is 0 Å². The second-order valence-corrected chi connectivity index (χ2v) is 7.98. The maximum Gasteiger partial charge on any atom is 0.245 e. The molecule has 27 heavy (non-hydrogen) atoms. The lowest BCUT2D eigenvalue weighted by atomic mass is 10.2. The average Bonchev–Trinajstić information content (AvgIpc) is 2.54. The zero-order valence-corrected chi connectivity index (χ0v) is 15.9. The molecule has 0 aliphatic carbocycles. The number of sulfonamides is 1. The first-order chi connectivity index (χ1) is 12.6. The summed E-state index contributed by atoms with van der Waals surface area (Å²) >= 11 is 0. The molecule has 146 valence electrons. The first-order valence-corrected chi connectivity index (χ1v) is 9.91. The number of nitrogens with one attached hydrogen (secondary N) is 1. The Balaban J connectivity index is 2.26. The van der Waals surface area contributed by atoms with Crippen molar-refractivity contribution in [2.75, 3.05) is 22.4 Å². The number of anilines is 2. The molecule has 1 N–H and O–H groups in total. The van der Waals surface area contributed by atoms with E-state index in [0.29, 0.717) is 21.8 Å². The van der Waals surface area contributed by atoms with E-state index < -0.39 is 39.8 Å². The van der Waals surface area contributed by atoms with Crippen molar-refractivity contribution in [2.24, 2.45) is 0 Å². The topological polar surface area (TPSA) is 75.7 Å². The van der Waals surface area contributed by atoms with Crippen LogP contribution in [0.15, 0.2) is 42.5 Å². The van der Waals surface area contributed by atoms with Gasteiger partial charge in [0.2, 0.25) is 15.9 Å². The fourth-order valence-corrected chi connectivity index (χ4v) is 3.17. The quantitative estimate of drug-likeness (QED) is 0.777. The average molecular weight is 398 g/mol. The molecule has 0 aliphatic rings. The Morgan fingerprint density at radius 2 is 1.85 bits per heavy atom. The predicted molar refractivity (Wildman–Crippen MR) is 99.4 cm³/mol. The van der Waals surface area contributed by atoms with Gasteiger partial charge >= 0.3 is 0 Å². The fourth-order valence-electron chi connectivity index (χ4n) is 2.31. The number of nitrogens with zero attached hydrogens (tertiary/aromatic N) is 1. The highest BCUT2D eigenvalue weighted by molar-refractivity contribution is 7.92. The Kier molecular flexibility index (Phi) is 6.37. The number of para-hydroxylation sites is 2. The number of carbonyl (C=O) groups excluding carboxylic acids is 1. The van der Waals surface area contributed by atoms with E-state index in [1.54, 1.807) is 24.3 Å². The van der Waals surface area contributed by atoms with Crippen molar-refractivity contribution >= 4 is 27.3 Å². The van der Waals surface area contributed by atoms with Gasteiger partial charge in [-0.05, 0) is 38.1 Å². The van der Waals surface area contributed by atoms with Gasteiger partial charge in [0.05, 0.1) is 23.7 Å². The Bertz CT molecular complexity index is 933. The minimum absolute atomic E-state index is 0.135. The van der Waals surface area contributed by atoms with Crippen LogP contribution in [0.3, 0.4) is 0 Å². The third kappa shape index (κ3) is 5.65. The van der Waals surface area contributed by atoms with Crippen molar-refractivity contribution in [1.29, 1.82) is 0 Å². The van der Waals surface area contributed by atoms with Gasteiger partial charge in [-0.3, -0.25) is 9.10 Å². The third-order valence-corrected chi connectivity index (χ3v) is 4.52. The lowest BCUT2D eigenvalue weighted by Gasteiger charge is -2.23. The molecule has 0 aliphatic heterocycles. The van der Waals surface area contributed by atoms with Gasteiger partial charge in [-0.2, -0.15) is 0 Å². The van der Waals surface area contributed by atoms with E-state index in [4.69, 9.17) is 4.74 Å². The smallest absolute Gasteiger partial charge is 0.245 e. The molecule has 1 amide bonds. The van der Waals surface area contributed by atoms with Gasteiger partial charge in [-0.15, -0.1) is 0 Å². The number of carbonyl (C=O) groups is 1. The molecule has 0 atom stereocenters. The minimum Gasteiger partial charge on any atom is -0.489 e. The van der Waals surface area contributed by atoms with Gasteiger partial charge < -0.3 is 10.1 Å². The zero-order chi connectivity index (χ0) is 20.2. The van der Waals surface area contributed by atoms with Crippen molar-refractivity contribution < 1.29 is 26.7 Å². The molecule has 2 aromatic rings. The Labute approximate surface area is 156 Å². The second kappa shape index (κ2) is 8.34. The van der Waals surface area contributed by atoms with Crippen molar-refractivity contribution in [3.05, 3.63) is 54.1 Å². The van der Waals surface area contributed by atoms with Crippen LogP contribution >= 0.6 is 0 Å². The lowest BCUT2D eigenvalue weighted by molar-refractivity contribution is -0.114. The van der Waals surface area contributed by atoms with E-state index in [1.807, 2.05) is 13.8 Å². The number of hydrogen-bond donors (Lipinski definition) is 1. The first kappa shape index (κ1) is 20.6. The van der Waals surface area contributed by atoms with Gasteiger partial charge in [-0.1, -0.05) is 12.1 Å². The highest BCUT2D eigenvalue weighted by Crippen LogP contribution is 2.26. The summed E-state index contributed by atoms with van der Waals surface area (Å²) in [5.74, 6) is -2.23. The number of ether oxygens (including phenoxy) is 1. The predicted octanol–water partition coefficient (Wildman–Crippen LogP) is 3.16. The molecule has 2 rings (SSSR count). The first-order valence-electron chi connectivity index (χ1n) is 8.06. The van der Waals surface area contributed by atoms with E-state index in [0.717, 1.165) is 18.4 Å². The molecule has 0 spiro atoms. The van der Waals surface area contributed by atoms with Gasteiger partial charge in [0.25, 0.3) is 0 Å². The molecule has 0 bridgehead atoms. The van der Waals surface area contributed by atoms with Crippen LogP contribution in [-0.4, -0.2) is 33.2 Å². The lowest BCUT2D eigenvalue weighted by Crippen LogP contribution is -2.38. The SMILES string of the molecule is CC(C)Oc1ccccc1NC(=O)CN(c1ccc(F)cc1F)S(C)(=O)=O. The molecule has 0 unspecified atom stereocenters. The molecule has 0 fully saturated rings. The zero-order valence-electron chi connectivity index (χ0n) is 15.1. The molecule has 2 aromatic carbocycles.